The summed E-state index contributed by atoms with van der Waals surface area (Å²) in [5, 5.41) is 1.12. The molecule has 7 heteroatoms. The van der Waals surface area contributed by atoms with Crippen molar-refractivity contribution in [1.82, 2.24) is 9.88 Å². The van der Waals surface area contributed by atoms with Gasteiger partial charge in [0.25, 0.3) is 0 Å². The van der Waals surface area contributed by atoms with Gasteiger partial charge in [0.05, 0.1) is 13.2 Å². The summed E-state index contributed by atoms with van der Waals surface area (Å²) in [5.74, 6) is -0.649. The molecule has 5 nitrogen and oxygen atoms in total. The highest BCUT2D eigenvalue weighted by atomic mass is 35.5. The van der Waals surface area contributed by atoms with Gasteiger partial charge in [0.1, 0.15) is 17.7 Å². The third-order valence-electron chi connectivity index (χ3n) is 6.43. The van der Waals surface area contributed by atoms with Crippen LogP contribution in [0.2, 0.25) is 0 Å². The molecule has 0 bridgehead atoms. The minimum Gasteiger partial charge on any atom is -0.378 e. The van der Waals surface area contributed by atoms with Crippen LogP contribution in [-0.4, -0.2) is 54.0 Å². The van der Waals surface area contributed by atoms with Crippen LogP contribution in [0.4, 0.5) is 10.1 Å². The van der Waals surface area contributed by atoms with Crippen molar-refractivity contribution in [1.29, 1.82) is 0 Å². The molecule has 0 aliphatic carbocycles. The van der Waals surface area contributed by atoms with Crippen molar-refractivity contribution in [3.8, 4) is 0 Å². The van der Waals surface area contributed by atoms with Crippen LogP contribution < -0.4 is 4.90 Å². The highest BCUT2D eigenvalue weighted by molar-refractivity contribution is 6.27. The lowest BCUT2D eigenvalue weighted by Crippen LogP contribution is -2.47. The largest absolute Gasteiger partial charge is 0.378 e. The first-order chi connectivity index (χ1) is 15.1. The van der Waals surface area contributed by atoms with Crippen molar-refractivity contribution in [2.45, 2.75) is 25.4 Å². The lowest BCUT2D eigenvalue weighted by atomic mass is 9.88. The summed E-state index contributed by atoms with van der Waals surface area (Å²) >= 11 is 5.96. The van der Waals surface area contributed by atoms with E-state index in [1.54, 1.807) is 11.0 Å². The molecule has 1 aromatic heterocycles. The smallest absolute Gasteiger partial charge is 0.238 e. The molecule has 31 heavy (non-hydrogen) atoms. The maximum Gasteiger partial charge on any atom is 0.238 e. The van der Waals surface area contributed by atoms with Crippen LogP contribution in [0.1, 0.15) is 29.8 Å². The molecule has 1 amide bonds. The van der Waals surface area contributed by atoms with Gasteiger partial charge >= 0.3 is 0 Å². The summed E-state index contributed by atoms with van der Waals surface area (Å²) in [6.07, 6.45) is 0.700. The van der Waals surface area contributed by atoms with Gasteiger partial charge in [0.15, 0.2) is 0 Å². The summed E-state index contributed by atoms with van der Waals surface area (Å²) < 4.78 is 21.0. The Bertz CT molecular complexity index is 1130. The molecule has 2 aliphatic rings. The van der Waals surface area contributed by atoms with Crippen LogP contribution in [0.5, 0.6) is 0 Å². The number of halogens is 2. The van der Waals surface area contributed by atoms with Crippen molar-refractivity contribution >= 4 is 34.1 Å². The second kappa shape index (κ2) is 8.17. The van der Waals surface area contributed by atoms with E-state index in [1.807, 2.05) is 37.3 Å². The van der Waals surface area contributed by atoms with Gasteiger partial charge in [0.2, 0.25) is 5.91 Å². The second-order valence-corrected chi connectivity index (χ2v) is 8.53. The number of nitrogens with one attached hydrogen (secondary N) is 1. The summed E-state index contributed by atoms with van der Waals surface area (Å²) in [4.78, 5) is 20.2. The van der Waals surface area contributed by atoms with Crippen molar-refractivity contribution in [2.24, 2.45) is 0 Å². The fourth-order valence-electron chi connectivity index (χ4n) is 4.98. The van der Waals surface area contributed by atoms with Crippen LogP contribution in [-0.2, 0) is 16.0 Å². The van der Waals surface area contributed by atoms with Gasteiger partial charge in [-0.3, -0.25) is 4.79 Å². The molecule has 0 unspecified atom stereocenters. The maximum atomic E-state index is 15.6. The number of para-hydroxylation sites is 1. The predicted molar refractivity (Wildman–Crippen MR) is 120 cm³/mol. The zero-order valence-electron chi connectivity index (χ0n) is 17.4. The second-order valence-electron chi connectivity index (χ2n) is 8.26. The molecule has 2 aliphatic heterocycles. The van der Waals surface area contributed by atoms with Gasteiger partial charge in [-0.2, -0.15) is 0 Å². The predicted octanol–water partition coefficient (Wildman–Crippen LogP) is 4.25. The molecule has 1 saturated heterocycles. The van der Waals surface area contributed by atoms with E-state index in [2.05, 4.69) is 16.0 Å². The fourth-order valence-corrected chi connectivity index (χ4v) is 5.12. The van der Waals surface area contributed by atoms with E-state index in [4.69, 9.17) is 16.3 Å². The highest BCUT2D eigenvalue weighted by Crippen LogP contribution is 2.42. The minimum atomic E-state index is -0.545. The number of hydrogen-bond acceptors (Lipinski definition) is 3. The molecule has 3 heterocycles. The van der Waals surface area contributed by atoms with E-state index >= 15 is 4.39 Å². The van der Waals surface area contributed by atoms with Gasteiger partial charge in [0, 0.05) is 47.0 Å². The zero-order valence-corrected chi connectivity index (χ0v) is 18.2. The summed E-state index contributed by atoms with van der Waals surface area (Å²) in [6.45, 7) is 4.76. The minimum absolute atomic E-state index is 0.0960. The number of hydrogen-bond donors (Lipinski definition) is 1. The van der Waals surface area contributed by atoms with Crippen LogP contribution in [0.25, 0.3) is 10.9 Å². The molecule has 0 spiro atoms. The molecule has 3 aromatic rings. The Labute approximate surface area is 185 Å². The molecule has 0 radical (unpaired) electrons. The third kappa shape index (κ3) is 3.48. The van der Waals surface area contributed by atoms with Gasteiger partial charge in [-0.25, -0.2) is 4.39 Å². The third-order valence-corrected chi connectivity index (χ3v) is 6.66. The molecule has 2 aromatic carbocycles. The Balaban J connectivity index is 1.63. The SMILES string of the molecule is C[C@H]1Cc2c([nH]c3ccccc23)[C@H](c2ccc(N3CCOCC3)cc2F)N1C(=O)CCl. The standard InChI is InChI=1S/C24H25ClFN3O2/c1-15-12-19-17-4-2-3-5-21(17)27-23(19)24(29(15)22(30)14-25)18-7-6-16(13-20(18)26)28-8-10-31-11-9-28/h2-7,13,15,24,27H,8-12,14H2,1H3/t15-,24-/m0/s1. The van der Waals surface area contributed by atoms with Gasteiger partial charge in [-0.1, -0.05) is 24.3 Å². The first-order valence-electron chi connectivity index (χ1n) is 10.7. The summed E-state index contributed by atoms with van der Waals surface area (Å²) in [6, 6.07) is 12.8. The number of carbonyl (C=O) groups is 1. The molecule has 162 valence electrons. The van der Waals surface area contributed by atoms with E-state index in [0.717, 1.165) is 40.9 Å². The lowest BCUT2D eigenvalue weighted by molar-refractivity contribution is -0.133. The number of nitrogens with zero attached hydrogens (tertiary/aromatic N) is 2. The number of rotatable bonds is 3. The average Bonchev–Trinajstić information content (AvgIpc) is 3.16. The monoisotopic (exact) mass is 441 g/mol. The van der Waals surface area contributed by atoms with Crippen LogP contribution in [0.3, 0.4) is 0 Å². The first kappa shape index (κ1) is 20.3. The van der Waals surface area contributed by atoms with Crippen molar-refractivity contribution in [2.75, 3.05) is 37.1 Å². The molecule has 0 saturated carbocycles. The number of morpholine rings is 1. The number of H-pyrrole nitrogens is 1. The Morgan fingerprint density at radius 2 is 2.00 bits per heavy atom. The number of amides is 1. The molecular formula is C24H25ClFN3O2. The number of alkyl halides is 1. The lowest BCUT2D eigenvalue weighted by Gasteiger charge is -2.41. The van der Waals surface area contributed by atoms with Gasteiger partial charge in [-0.15, -0.1) is 11.6 Å². The Morgan fingerprint density at radius 3 is 2.74 bits per heavy atom. The van der Waals surface area contributed by atoms with Gasteiger partial charge < -0.3 is 19.5 Å². The Hall–Kier alpha value is -2.57. The molecule has 2 atom stereocenters. The maximum absolute atomic E-state index is 15.6. The topological polar surface area (TPSA) is 48.6 Å². The number of carbonyl (C=O) groups excluding carboxylic acids is 1. The summed E-state index contributed by atoms with van der Waals surface area (Å²) in [7, 11) is 0. The molecular weight excluding hydrogens is 417 g/mol. The number of ether oxygens (including phenoxy) is 1. The van der Waals surface area contributed by atoms with E-state index in [1.165, 1.54) is 0 Å². The van der Waals surface area contributed by atoms with Crippen LogP contribution >= 0.6 is 11.6 Å². The molecule has 1 fully saturated rings. The fraction of sp³-hybridized carbons (Fsp3) is 0.375. The van der Waals surface area contributed by atoms with E-state index in [9.17, 15) is 4.79 Å². The zero-order chi connectivity index (χ0) is 21.5. The number of anilines is 1. The van der Waals surface area contributed by atoms with Crippen molar-refractivity contribution in [3.63, 3.8) is 0 Å². The number of aromatic nitrogens is 1. The van der Waals surface area contributed by atoms with Crippen molar-refractivity contribution in [3.05, 3.63) is 65.1 Å². The average molecular weight is 442 g/mol. The molecule has 5 rings (SSSR count). The Kier molecular flexibility index (Phi) is 5.36. The first-order valence-corrected chi connectivity index (χ1v) is 11.2. The number of aromatic amines is 1. The normalized spacial score (nSPS) is 21.4. The number of fused-ring (bicyclic) bond motifs is 3. The highest BCUT2D eigenvalue weighted by Gasteiger charge is 2.39. The van der Waals surface area contributed by atoms with Crippen LogP contribution in [0.15, 0.2) is 42.5 Å². The Morgan fingerprint density at radius 1 is 1.23 bits per heavy atom. The number of benzene rings is 2. The van der Waals surface area contributed by atoms with Gasteiger partial charge in [-0.05, 0) is 37.1 Å². The summed E-state index contributed by atoms with van der Waals surface area (Å²) in [5.41, 5.74) is 4.32. The van der Waals surface area contributed by atoms with Crippen LogP contribution in [0, 0.1) is 5.82 Å². The van der Waals surface area contributed by atoms with E-state index < -0.39 is 6.04 Å². The van der Waals surface area contributed by atoms with Crippen molar-refractivity contribution < 1.29 is 13.9 Å². The molecule has 1 N–H and O–H groups in total. The van der Waals surface area contributed by atoms with E-state index in [-0.39, 0.29) is 23.6 Å². The quantitative estimate of drug-likeness (QED) is 0.618. The van der Waals surface area contributed by atoms with E-state index in [0.29, 0.717) is 25.2 Å².